The topological polar surface area (TPSA) is 49.7 Å². The lowest BCUT2D eigenvalue weighted by atomic mass is 9.90. The van der Waals surface area contributed by atoms with Crippen molar-refractivity contribution >= 4 is 0 Å². The summed E-state index contributed by atoms with van der Waals surface area (Å²) in [6.07, 6.45) is -0.240. The third-order valence-corrected chi connectivity index (χ3v) is 4.08. The van der Waals surface area contributed by atoms with Gasteiger partial charge in [-0.15, -0.1) is 0 Å². The minimum Gasteiger partial charge on any atom is -0.508 e. The van der Waals surface area contributed by atoms with E-state index in [1.165, 1.54) is 0 Å². The zero-order chi connectivity index (χ0) is 15.0. The van der Waals surface area contributed by atoms with E-state index in [4.69, 9.17) is 4.74 Å². The van der Waals surface area contributed by atoms with Crippen molar-refractivity contribution in [2.45, 2.75) is 19.1 Å². The smallest absolute Gasteiger partial charge is 0.115 e. The lowest BCUT2D eigenvalue weighted by molar-refractivity contribution is 0.0389. The molecule has 3 atom stereocenters. The van der Waals surface area contributed by atoms with Crippen molar-refractivity contribution in [3.8, 4) is 11.5 Å². The number of hydrogen-bond acceptors (Lipinski definition) is 3. The normalized spacial score (nSPS) is 25.2. The summed E-state index contributed by atoms with van der Waals surface area (Å²) in [5.74, 6) is 0.678. The van der Waals surface area contributed by atoms with Crippen LogP contribution in [0.2, 0.25) is 0 Å². The first-order valence-electron chi connectivity index (χ1n) is 6.98. The molecule has 2 aromatic carbocycles. The highest BCUT2D eigenvalue weighted by atomic mass is 16.5. The Morgan fingerprint density at radius 2 is 1.33 bits per heavy atom. The maximum Gasteiger partial charge on any atom is 0.115 e. The molecule has 2 N–H and O–H groups in total. The number of phenolic OH excluding ortho intramolecular Hbond substituents is 2. The molecule has 0 amide bonds. The minimum absolute atomic E-state index is 0.0723. The van der Waals surface area contributed by atoms with Crippen LogP contribution < -0.4 is 0 Å². The first-order valence-corrected chi connectivity index (χ1v) is 6.98. The lowest BCUT2D eigenvalue weighted by Crippen LogP contribution is -2.04. The highest BCUT2D eigenvalue weighted by molar-refractivity contribution is 5.36. The monoisotopic (exact) mass is 282 g/mol. The standard InChI is InChI=1S/C18H18O3/c1-11-12(2)18(14-5-9-16(20)10-6-14)21-17(11)13-3-7-15(19)8-4-13/h3-10,12,17-20H,1H2,2H3/t12-,17+,18+/m1/s1. The first kappa shape index (κ1) is 13.7. The Labute approximate surface area is 124 Å². The minimum atomic E-state index is -0.167. The van der Waals surface area contributed by atoms with Gasteiger partial charge in [-0.3, -0.25) is 0 Å². The van der Waals surface area contributed by atoms with Crippen LogP contribution in [0.3, 0.4) is 0 Å². The molecule has 1 aliphatic rings. The summed E-state index contributed by atoms with van der Waals surface area (Å²) < 4.78 is 6.17. The molecule has 3 rings (SSSR count). The largest absolute Gasteiger partial charge is 0.508 e. The number of benzene rings is 2. The molecule has 2 aromatic rings. The summed E-state index contributed by atoms with van der Waals surface area (Å²) in [7, 11) is 0. The van der Waals surface area contributed by atoms with Gasteiger partial charge in [0.05, 0.1) is 6.10 Å². The van der Waals surface area contributed by atoms with E-state index in [-0.39, 0.29) is 29.6 Å². The SMILES string of the molecule is C=C1[C@@H](C)[C@@H](c2ccc(O)cc2)O[C@@H]1c1ccc(O)cc1. The predicted molar refractivity (Wildman–Crippen MR) is 81.1 cm³/mol. The van der Waals surface area contributed by atoms with Gasteiger partial charge in [0.1, 0.15) is 17.6 Å². The van der Waals surface area contributed by atoms with Crippen LogP contribution in [0, 0.1) is 5.92 Å². The molecule has 21 heavy (non-hydrogen) atoms. The Balaban J connectivity index is 1.88. The molecular weight excluding hydrogens is 264 g/mol. The molecule has 0 aliphatic carbocycles. The van der Waals surface area contributed by atoms with Gasteiger partial charge in [-0.05, 0) is 41.0 Å². The van der Waals surface area contributed by atoms with Gasteiger partial charge >= 0.3 is 0 Å². The Kier molecular flexibility index (Phi) is 3.43. The zero-order valence-electron chi connectivity index (χ0n) is 11.9. The van der Waals surface area contributed by atoms with Crippen LogP contribution in [0.1, 0.15) is 30.3 Å². The zero-order valence-corrected chi connectivity index (χ0v) is 11.9. The molecule has 1 fully saturated rings. The third kappa shape index (κ3) is 2.52. The van der Waals surface area contributed by atoms with Crippen LogP contribution in [0.5, 0.6) is 11.5 Å². The summed E-state index contributed by atoms with van der Waals surface area (Å²) in [5.41, 5.74) is 3.05. The van der Waals surface area contributed by atoms with E-state index in [0.717, 1.165) is 16.7 Å². The van der Waals surface area contributed by atoms with Crippen LogP contribution in [0.15, 0.2) is 60.7 Å². The van der Waals surface area contributed by atoms with Crippen LogP contribution in [-0.4, -0.2) is 10.2 Å². The van der Waals surface area contributed by atoms with Gasteiger partial charge in [0.2, 0.25) is 0 Å². The van der Waals surface area contributed by atoms with Crippen molar-refractivity contribution < 1.29 is 14.9 Å². The molecule has 1 saturated heterocycles. The maximum atomic E-state index is 9.39. The third-order valence-electron chi connectivity index (χ3n) is 4.08. The molecule has 0 unspecified atom stereocenters. The maximum absolute atomic E-state index is 9.39. The van der Waals surface area contributed by atoms with E-state index in [9.17, 15) is 10.2 Å². The van der Waals surface area contributed by atoms with Crippen LogP contribution in [-0.2, 0) is 4.74 Å². The first-order chi connectivity index (χ1) is 10.1. The van der Waals surface area contributed by atoms with E-state index < -0.39 is 0 Å². The molecular formula is C18H18O3. The molecule has 1 heterocycles. The van der Waals surface area contributed by atoms with E-state index in [2.05, 4.69) is 13.5 Å². The average molecular weight is 282 g/mol. The van der Waals surface area contributed by atoms with Crippen molar-refractivity contribution in [2.75, 3.05) is 0 Å². The van der Waals surface area contributed by atoms with Gasteiger partial charge in [0.25, 0.3) is 0 Å². The van der Waals surface area contributed by atoms with Gasteiger partial charge in [0, 0.05) is 5.92 Å². The van der Waals surface area contributed by atoms with Gasteiger partial charge in [0.15, 0.2) is 0 Å². The van der Waals surface area contributed by atoms with Gasteiger partial charge in [-0.1, -0.05) is 37.8 Å². The van der Waals surface area contributed by atoms with Gasteiger partial charge < -0.3 is 14.9 Å². The Hall–Kier alpha value is -2.26. The lowest BCUT2D eigenvalue weighted by Gasteiger charge is -2.15. The van der Waals surface area contributed by atoms with Gasteiger partial charge in [-0.2, -0.15) is 0 Å². The molecule has 0 bridgehead atoms. The van der Waals surface area contributed by atoms with E-state index >= 15 is 0 Å². The molecule has 3 heteroatoms. The second kappa shape index (κ2) is 5.26. The number of phenols is 2. The molecule has 0 spiro atoms. The van der Waals surface area contributed by atoms with E-state index in [0.29, 0.717) is 0 Å². The Morgan fingerprint density at radius 3 is 1.86 bits per heavy atom. The van der Waals surface area contributed by atoms with Crippen molar-refractivity contribution in [2.24, 2.45) is 5.92 Å². The van der Waals surface area contributed by atoms with Crippen molar-refractivity contribution in [3.63, 3.8) is 0 Å². The Morgan fingerprint density at radius 1 is 0.857 bits per heavy atom. The summed E-state index contributed by atoms with van der Waals surface area (Å²) in [6.45, 7) is 6.27. The number of aromatic hydroxyl groups is 2. The summed E-state index contributed by atoms with van der Waals surface area (Å²) in [5, 5.41) is 18.8. The highest BCUT2D eigenvalue weighted by Crippen LogP contribution is 2.48. The van der Waals surface area contributed by atoms with Crippen molar-refractivity contribution in [1.82, 2.24) is 0 Å². The highest BCUT2D eigenvalue weighted by Gasteiger charge is 2.37. The van der Waals surface area contributed by atoms with Gasteiger partial charge in [-0.25, -0.2) is 0 Å². The molecule has 108 valence electrons. The second-order valence-electron chi connectivity index (χ2n) is 5.48. The summed E-state index contributed by atoms with van der Waals surface area (Å²) in [6, 6.07) is 14.1. The molecule has 3 nitrogen and oxygen atoms in total. The number of hydrogen-bond donors (Lipinski definition) is 2. The van der Waals surface area contributed by atoms with E-state index in [1.807, 2.05) is 24.3 Å². The predicted octanol–water partition coefficient (Wildman–Crippen LogP) is 4.10. The fourth-order valence-corrected chi connectivity index (χ4v) is 2.76. The fraction of sp³-hybridized carbons (Fsp3) is 0.222. The summed E-state index contributed by atoms with van der Waals surface area (Å²) in [4.78, 5) is 0. The van der Waals surface area contributed by atoms with Crippen LogP contribution in [0.4, 0.5) is 0 Å². The molecule has 0 saturated carbocycles. The second-order valence-corrected chi connectivity index (χ2v) is 5.48. The van der Waals surface area contributed by atoms with Crippen LogP contribution >= 0.6 is 0 Å². The molecule has 1 aliphatic heterocycles. The molecule has 0 radical (unpaired) electrons. The number of rotatable bonds is 2. The number of ether oxygens (including phenoxy) is 1. The van der Waals surface area contributed by atoms with Crippen molar-refractivity contribution in [3.05, 3.63) is 71.8 Å². The Bertz CT molecular complexity index is 643. The average Bonchev–Trinajstić information content (AvgIpc) is 2.78. The van der Waals surface area contributed by atoms with Crippen LogP contribution in [0.25, 0.3) is 0 Å². The summed E-state index contributed by atoms with van der Waals surface area (Å²) >= 11 is 0. The fourth-order valence-electron chi connectivity index (χ4n) is 2.76. The molecule has 0 aromatic heterocycles. The van der Waals surface area contributed by atoms with Crippen molar-refractivity contribution in [1.29, 1.82) is 0 Å². The quantitative estimate of drug-likeness (QED) is 0.815. The van der Waals surface area contributed by atoms with E-state index in [1.54, 1.807) is 24.3 Å².